The van der Waals surface area contributed by atoms with Crippen LogP contribution < -0.4 is 25.1 Å². The summed E-state index contributed by atoms with van der Waals surface area (Å²) in [6, 6.07) is 29.5. The highest BCUT2D eigenvalue weighted by atomic mass is 16.5. The number of hydrazine groups is 1. The van der Waals surface area contributed by atoms with E-state index in [1.54, 1.807) is 38.5 Å². The standard InChI is InChI=1S/C36H38N6O6/c1-45-31-18-13-25(23-32(31)46-2)19-20-38-41-35(44)36(24-28-11-6-7-12-30(28)40-42-37)33(26-9-4-3-5-10-26)48-34(39-36)27-14-16-29(17-15-27)47-22-8-21-43/h3-7,9-18,23,33,38,43H,8,19-22,24H2,1-2H3,(H,41,44)/t33-,36-/m0/s1. The smallest absolute Gasteiger partial charge is 0.266 e. The van der Waals surface area contributed by atoms with E-state index < -0.39 is 17.6 Å². The minimum Gasteiger partial charge on any atom is -0.494 e. The van der Waals surface area contributed by atoms with Gasteiger partial charge in [-0.15, -0.1) is 0 Å². The number of aliphatic hydroxyl groups is 1. The minimum atomic E-state index is -1.50. The Bertz CT molecular complexity index is 1760. The number of ether oxygens (including phenoxy) is 4. The molecule has 1 aliphatic heterocycles. The first-order valence-corrected chi connectivity index (χ1v) is 15.5. The fourth-order valence-electron chi connectivity index (χ4n) is 5.50. The average Bonchev–Trinajstić information content (AvgIpc) is 3.52. The summed E-state index contributed by atoms with van der Waals surface area (Å²) in [7, 11) is 3.17. The molecule has 4 aromatic rings. The first-order valence-electron chi connectivity index (χ1n) is 15.5. The number of hydrogen-bond acceptors (Lipinski definition) is 9. The Morgan fingerprint density at radius 3 is 2.48 bits per heavy atom. The summed E-state index contributed by atoms with van der Waals surface area (Å²) in [5.74, 6) is 1.76. The van der Waals surface area contributed by atoms with Crippen LogP contribution in [0.1, 0.15) is 34.8 Å². The summed E-state index contributed by atoms with van der Waals surface area (Å²) in [6.45, 7) is 0.843. The molecule has 0 fully saturated rings. The second-order valence-electron chi connectivity index (χ2n) is 11.0. The number of hydrogen-bond donors (Lipinski definition) is 3. The van der Waals surface area contributed by atoms with Crippen LogP contribution in [0.25, 0.3) is 10.4 Å². The van der Waals surface area contributed by atoms with Crippen LogP contribution in [0.15, 0.2) is 107 Å². The number of carbonyl (C=O) groups excluding carboxylic acids is 1. The molecule has 0 bridgehead atoms. The highest BCUT2D eigenvalue weighted by molar-refractivity contribution is 6.01. The molecule has 5 rings (SSSR count). The zero-order valence-electron chi connectivity index (χ0n) is 26.8. The molecule has 2 atom stereocenters. The van der Waals surface area contributed by atoms with Crippen molar-refractivity contribution in [1.29, 1.82) is 0 Å². The van der Waals surface area contributed by atoms with E-state index in [4.69, 9.17) is 29.0 Å². The van der Waals surface area contributed by atoms with Crippen molar-refractivity contribution >= 4 is 17.5 Å². The normalized spacial score (nSPS) is 16.6. The Kier molecular flexibility index (Phi) is 11.5. The summed E-state index contributed by atoms with van der Waals surface area (Å²) < 4.78 is 23.0. The van der Waals surface area contributed by atoms with Crippen molar-refractivity contribution in [2.75, 3.05) is 34.0 Å². The van der Waals surface area contributed by atoms with Gasteiger partial charge in [0, 0.05) is 42.2 Å². The first-order chi connectivity index (χ1) is 23.5. The summed E-state index contributed by atoms with van der Waals surface area (Å²) in [5, 5.41) is 13.0. The van der Waals surface area contributed by atoms with Crippen LogP contribution in [0, 0.1) is 0 Å². The molecule has 0 aliphatic carbocycles. The number of nitrogens with zero attached hydrogens (tertiary/aromatic N) is 4. The van der Waals surface area contributed by atoms with Gasteiger partial charge in [0.15, 0.2) is 23.1 Å². The number of nitrogens with one attached hydrogen (secondary N) is 2. The molecule has 3 N–H and O–H groups in total. The number of aliphatic hydroxyl groups excluding tert-OH is 1. The van der Waals surface area contributed by atoms with E-state index in [1.165, 1.54) is 0 Å². The molecule has 12 heteroatoms. The molecule has 0 spiro atoms. The Balaban J connectivity index is 1.47. The van der Waals surface area contributed by atoms with Crippen molar-refractivity contribution in [3.05, 3.63) is 130 Å². The summed E-state index contributed by atoms with van der Waals surface area (Å²) >= 11 is 0. The van der Waals surface area contributed by atoms with Crippen LogP contribution >= 0.6 is 0 Å². The number of rotatable bonds is 16. The van der Waals surface area contributed by atoms with Gasteiger partial charge in [0.2, 0.25) is 5.90 Å². The van der Waals surface area contributed by atoms with E-state index in [0.717, 1.165) is 11.1 Å². The molecule has 0 radical (unpaired) electrons. The second kappa shape index (κ2) is 16.3. The van der Waals surface area contributed by atoms with Gasteiger partial charge in [0.05, 0.1) is 20.8 Å². The van der Waals surface area contributed by atoms with Gasteiger partial charge in [-0.25, -0.2) is 10.4 Å². The lowest BCUT2D eigenvalue weighted by Crippen LogP contribution is -2.54. The maximum absolute atomic E-state index is 14.5. The summed E-state index contributed by atoms with van der Waals surface area (Å²) in [6.07, 6.45) is 0.374. The number of amides is 1. The summed E-state index contributed by atoms with van der Waals surface area (Å²) in [4.78, 5) is 22.5. The number of aliphatic imine (C=N–C) groups is 1. The van der Waals surface area contributed by atoms with E-state index in [1.807, 2.05) is 72.8 Å². The lowest BCUT2D eigenvalue weighted by molar-refractivity contribution is -0.130. The van der Waals surface area contributed by atoms with Crippen molar-refractivity contribution in [2.24, 2.45) is 10.1 Å². The van der Waals surface area contributed by atoms with Crippen LogP contribution in [-0.2, 0) is 22.4 Å². The topological polar surface area (TPSA) is 159 Å². The maximum Gasteiger partial charge on any atom is 0.266 e. The maximum atomic E-state index is 14.5. The minimum absolute atomic E-state index is 0.0433. The van der Waals surface area contributed by atoms with Crippen LogP contribution in [0.2, 0.25) is 0 Å². The lowest BCUT2D eigenvalue weighted by atomic mass is 9.81. The molecule has 0 aromatic heterocycles. The second-order valence-corrected chi connectivity index (χ2v) is 11.0. The summed E-state index contributed by atoms with van der Waals surface area (Å²) in [5.41, 5.74) is 17.2. The zero-order valence-corrected chi connectivity index (χ0v) is 26.8. The number of azide groups is 1. The molecule has 4 aromatic carbocycles. The molecule has 0 saturated heterocycles. The Labute approximate surface area is 278 Å². The van der Waals surface area contributed by atoms with Crippen LogP contribution in [0.3, 0.4) is 0 Å². The van der Waals surface area contributed by atoms with E-state index in [-0.39, 0.29) is 18.9 Å². The molecule has 1 amide bonds. The fourth-order valence-corrected chi connectivity index (χ4v) is 5.50. The van der Waals surface area contributed by atoms with Gasteiger partial charge in [-0.2, -0.15) is 0 Å². The van der Waals surface area contributed by atoms with Crippen molar-refractivity contribution in [1.82, 2.24) is 10.9 Å². The molecule has 1 heterocycles. The van der Waals surface area contributed by atoms with E-state index >= 15 is 0 Å². The molecule has 12 nitrogen and oxygen atoms in total. The quantitative estimate of drug-likeness (QED) is 0.0456. The van der Waals surface area contributed by atoms with E-state index in [2.05, 4.69) is 20.9 Å². The molecule has 0 saturated carbocycles. The Hall–Kier alpha value is -5.55. The van der Waals surface area contributed by atoms with Crippen molar-refractivity contribution < 1.29 is 28.8 Å². The SMILES string of the molecule is COc1ccc(CCNNC(=O)[C@@]2(Cc3ccccc3N=[N+]=[N-])N=C(c3ccc(OCCCO)cc3)O[C@H]2c2ccccc2)cc1OC. The zero-order chi connectivity index (χ0) is 33.8. The molecular formula is C36H38N6O6. The van der Waals surface area contributed by atoms with E-state index in [0.29, 0.717) is 60.1 Å². The Morgan fingerprint density at radius 1 is 1.00 bits per heavy atom. The third-order valence-corrected chi connectivity index (χ3v) is 7.92. The van der Waals surface area contributed by atoms with Gasteiger partial charge in [-0.05, 0) is 65.0 Å². The largest absolute Gasteiger partial charge is 0.494 e. The first kappa shape index (κ1) is 33.8. The molecular weight excluding hydrogens is 612 g/mol. The van der Waals surface area contributed by atoms with Crippen molar-refractivity contribution in [2.45, 2.75) is 30.9 Å². The third-order valence-electron chi connectivity index (χ3n) is 7.92. The van der Waals surface area contributed by atoms with Gasteiger partial charge in [0.25, 0.3) is 5.91 Å². The average molecular weight is 651 g/mol. The molecule has 0 unspecified atom stereocenters. The third kappa shape index (κ3) is 7.87. The highest BCUT2D eigenvalue weighted by Crippen LogP contribution is 2.43. The predicted octanol–water partition coefficient (Wildman–Crippen LogP) is 5.77. The van der Waals surface area contributed by atoms with Crippen molar-refractivity contribution in [3.63, 3.8) is 0 Å². The fraction of sp³-hybridized carbons (Fsp3) is 0.278. The predicted molar refractivity (Wildman–Crippen MR) is 182 cm³/mol. The van der Waals surface area contributed by atoms with Crippen LogP contribution in [0.5, 0.6) is 17.2 Å². The van der Waals surface area contributed by atoms with Crippen LogP contribution in [-0.4, -0.2) is 56.4 Å². The van der Waals surface area contributed by atoms with Gasteiger partial charge in [0.1, 0.15) is 5.75 Å². The molecule has 248 valence electrons. The van der Waals surface area contributed by atoms with Gasteiger partial charge in [-0.3, -0.25) is 10.2 Å². The van der Waals surface area contributed by atoms with E-state index in [9.17, 15) is 10.3 Å². The van der Waals surface area contributed by atoms with Crippen molar-refractivity contribution in [3.8, 4) is 17.2 Å². The number of carbonyl (C=O) groups is 1. The lowest BCUT2D eigenvalue weighted by Gasteiger charge is -2.31. The van der Waals surface area contributed by atoms with Crippen LogP contribution in [0.4, 0.5) is 5.69 Å². The molecule has 1 aliphatic rings. The van der Waals surface area contributed by atoms with Gasteiger partial charge in [-0.1, -0.05) is 65.8 Å². The Morgan fingerprint density at radius 2 is 1.75 bits per heavy atom. The molecule has 48 heavy (non-hydrogen) atoms. The highest BCUT2D eigenvalue weighted by Gasteiger charge is 2.53. The monoisotopic (exact) mass is 650 g/mol. The van der Waals surface area contributed by atoms with Gasteiger partial charge < -0.3 is 24.1 Å². The number of benzene rings is 4. The van der Waals surface area contributed by atoms with Gasteiger partial charge >= 0.3 is 0 Å². The number of methoxy groups -OCH3 is 2.